The largest absolute Gasteiger partial charge is 0.390 e. The van der Waals surface area contributed by atoms with Gasteiger partial charge in [-0.1, -0.05) is 0 Å². The highest BCUT2D eigenvalue weighted by Crippen LogP contribution is 2.57. The molecular formula is C7H10F2O. The first-order valence-corrected chi connectivity index (χ1v) is 3.62. The Morgan fingerprint density at radius 1 is 1.20 bits per heavy atom. The normalized spacial score (nSPS) is 50.1. The van der Waals surface area contributed by atoms with Crippen molar-refractivity contribution in [1.29, 1.82) is 0 Å². The first-order chi connectivity index (χ1) is 4.52. The van der Waals surface area contributed by atoms with Crippen molar-refractivity contribution in [3.05, 3.63) is 0 Å². The van der Waals surface area contributed by atoms with Crippen LogP contribution in [0.25, 0.3) is 0 Å². The average Bonchev–Trinajstić information content (AvgIpc) is 2.39. The minimum absolute atomic E-state index is 0.0937. The van der Waals surface area contributed by atoms with Crippen LogP contribution in [0.15, 0.2) is 0 Å². The molecule has 10 heavy (non-hydrogen) atoms. The lowest BCUT2D eigenvalue weighted by Gasteiger charge is -2.24. The fraction of sp³-hybridized carbons (Fsp3) is 1.00. The SMILES string of the molecule is OC12CCC(F)(F)CC1C2. The molecule has 2 unspecified atom stereocenters. The van der Waals surface area contributed by atoms with Crippen molar-refractivity contribution in [3.8, 4) is 0 Å². The molecule has 0 radical (unpaired) electrons. The second-order valence-corrected chi connectivity index (χ2v) is 3.56. The fourth-order valence-electron chi connectivity index (χ4n) is 1.80. The first-order valence-electron chi connectivity index (χ1n) is 3.62. The van der Waals surface area contributed by atoms with E-state index in [2.05, 4.69) is 0 Å². The predicted octanol–water partition coefficient (Wildman–Crippen LogP) is 1.56. The molecule has 2 aliphatic carbocycles. The smallest absolute Gasteiger partial charge is 0.248 e. The summed E-state index contributed by atoms with van der Waals surface area (Å²) in [6, 6.07) is 0. The van der Waals surface area contributed by atoms with Crippen LogP contribution in [0.1, 0.15) is 25.7 Å². The summed E-state index contributed by atoms with van der Waals surface area (Å²) >= 11 is 0. The van der Waals surface area contributed by atoms with Crippen LogP contribution in [0.3, 0.4) is 0 Å². The highest BCUT2D eigenvalue weighted by molar-refractivity contribution is 5.08. The van der Waals surface area contributed by atoms with Gasteiger partial charge in [0, 0.05) is 12.8 Å². The maximum absolute atomic E-state index is 12.5. The molecular weight excluding hydrogens is 138 g/mol. The summed E-state index contributed by atoms with van der Waals surface area (Å²) < 4.78 is 25.1. The van der Waals surface area contributed by atoms with Gasteiger partial charge in [0.25, 0.3) is 0 Å². The van der Waals surface area contributed by atoms with Crippen molar-refractivity contribution < 1.29 is 13.9 Å². The van der Waals surface area contributed by atoms with Gasteiger partial charge in [-0.3, -0.25) is 0 Å². The van der Waals surface area contributed by atoms with E-state index in [0.29, 0.717) is 12.8 Å². The number of fused-ring (bicyclic) bond motifs is 1. The lowest BCUT2D eigenvalue weighted by molar-refractivity contribution is -0.0667. The average molecular weight is 148 g/mol. The van der Waals surface area contributed by atoms with Gasteiger partial charge in [-0.15, -0.1) is 0 Å². The first kappa shape index (κ1) is 6.53. The number of rotatable bonds is 0. The molecule has 58 valence electrons. The van der Waals surface area contributed by atoms with Crippen LogP contribution in [0.5, 0.6) is 0 Å². The summed E-state index contributed by atoms with van der Waals surface area (Å²) in [4.78, 5) is 0. The van der Waals surface area contributed by atoms with E-state index in [-0.39, 0.29) is 18.8 Å². The molecule has 2 atom stereocenters. The zero-order chi connectivity index (χ0) is 7.41. The standard InChI is InChI=1S/C7H10F2O/c8-7(9)2-1-6(10)3-5(6)4-7/h5,10H,1-4H2. The number of hydrogen-bond acceptors (Lipinski definition) is 1. The monoisotopic (exact) mass is 148 g/mol. The Balaban J connectivity index is 2.05. The molecule has 0 aromatic heterocycles. The van der Waals surface area contributed by atoms with Gasteiger partial charge >= 0.3 is 0 Å². The van der Waals surface area contributed by atoms with Gasteiger partial charge in [0.15, 0.2) is 0 Å². The van der Waals surface area contributed by atoms with Crippen molar-refractivity contribution >= 4 is 0 Å². The molecule has 0 heterocycles. The van der Waals surface area contributed by atoms with Gasteiger partial charge in [0.05, 0.1) is 5.60 Å². The number of hydrogen-bond donors (Lipinski definition) is 1. The number of aliphatic hydroxyl groups is 1. The van der Waals surface area contributed by atoms with Gasteiger partial charge in [-0.25, -0.2) is 8.78 Å². The van der Waals surface area contributed by atoms with Crippen LogP contribution in [0, 0.1) is 5.92 Å². The zero-order valence-electron chi connectivity index (χ0n) is 5.61. The van der Waals surface area contributed by atoms with Crippen molar-refractivity contribution in [2.45, 2.75) is 37.2 Å². The van der Waals surface area contributed by atoms with E-state index >= 15 is 0 Å². The van der Waals surface area contributed by atoms with Crippen LogP contribution in [-0.2, 0) is 0 Å². The minimum atomic E-state index is -2.49. The van der Waals surface area contributed by atoms with Crippen molar-refractivity contribution in [2.75, 3.05) is 0 Å². The lowest BCUT2D eigenvalue weighted by atomic mass is 9.94. The van der Waals surface area contributed by atoms with Gasteiger partial charge in [-0.05, 0) is 18.8 Å². The molecule has 1 N–H and O–H groups in total. The summed E-state index contributed by atoms with van der Waals surface area (Å²) in [5, 5.41) is 9.35. The number of halogens is 2. The Kier molecular flexibility index (Phi) is 0.994. The summed E-state index contributed by atoms with van der Waals surface area (Å²) in [5.41, 5.74) is -0.679. The maximum Gasteiger partial charge on any atom is 0.248 e. The lowest BCUT2D eigenvalue weighted by Crippen LogP contribution is -2.28. The molecule has 0 spiro atoms. The Hall–Kier alpha value is -0.180. The second kappa shape index (κ2) is 1.52. The Morgan fingerprint density at radius 2 is 1.90 bits per heavy atom. The molecule has 0 aromatic carbocycles. The molecule has 0 aliphatic heterocycles. The highest BCUT2D eigenvalue weighted by atomic mass is 19.3. The van der Waals surface area contributed by atoms with Gasteiger partial charge < -0.3 is 5.11 Å². The van der Waals surface area contributed by atoms with E-state index in [1.807, 2.05) is 0 Å². The Morgan fingerprint density at radius 3 is 2.40 bits per heavy atom. The molecule has 2 aliphatic rings. The van der Waals surface area contributed by atoms with Crippen molar-refractivity contribution in [1.82, 2.24) is 0 Å². The topological polar surface area (TPSA) is 20.2 Å². The van der Waals surface area contributed by atoms with Crippen LogP contribution in [-0.4, -0.2) is 16.6 Å². The molecule has 0 bridgehead atoms. The molecule has 0 amide bonds. The van der Waals surface area contributed by atoms with Crippen LogP contribution >= 0.6 is 0 Å². The second-order valence-electron chi connectivity index (χ2n) is 3.56. The Bertz CT molecular complexity index is 169. The highest BCUT2D eigenvalue weighted by Gasteiger charge is 2.60. The van der Waals surface area contributed by atoms with Crippen molar-refractivity contribution in [2.24, 2.45) is 5.92 Å². The van der Waals surface area contributed by atoms with E-state index in [4.69, 9.17) is 0 Å². The molecule has 2 rings (SSSR count). The third-order valence-electron chi connectivity index (χ3n) is 2.67. The van der Waals surface area contributed by atoms with E-state index < -0.39 is 11.5 Å². The summed E-state index contributed by atoms with van der Waals surface area (Å²) in [6.45, 7) is 0. The Labute approximate surface area is 58.0 Å². The van der Waals surface area contributed by atoms with Crippen molar-refractivity contribution in [3.63, 3.8) is 0 Å². The van der Waals surface area contributed by atoms with Gasteiger partial charge in [0.1, 0.15) is 0 Å². The maximum atomic E-state index is 12.5. The third kappa shape index (κ3) is 0.839. The van der Waals surface area contributed by atoms with E-state index in [1.165, 1.54) is 0 Å². The molecule has 2 saturated carbocycles. The fourth-order valence-corrected chi connectivity index (χ4v) is 1.80. The van der Waals surface area contributed by atoms with Gasteiger partial charge in [-0.2, -0.15) is 0 Å². The summed E-state index contributed by atoms with van der Waals surface area (Å²) in [7, 11) is 0. The molecule has 1 nitrogen and oxygen atoms in total. The molecule has 0 saturated heterocycles. The van der Waals surface area contributed by atoms with E-state index in [1.54, 1.807) is 0 Å². The van der Waals surface area contributed by atoms with Crippen LogP contribution in [0.2, 0.25) is 0 Å². The third-order valence-corrected chi connectivity index (χ3v) is 2.67. The van der Waals surface area contributed by atoms with Gasteiger partial charge in [0.2, 0.25) is 5.92 Å². The quantitative estimate of drug-likeness (QED) is 0.552. The van der Waals surface area contributed by atoms with E-state index in [0.717, 1.165) is 0 Å². The number of alkyl halides is 2. The summed E-state index contributed by atoms with van der Waals surface area (Å²) in [5.74, 6) is -2.59. The summed E-state index contributed by atoms with van der Waals surface area (Å²) in [6.07, 6.45) is 0.677. The minimum Gasteiger partial charge on any atom is -0.390 e. The molecule has 2 fully saturated rings. The molecule has 3 heteroatoms. The zero-order valence-corrected chi connectivity index (χ0v) is 5.61. The van der Waals surface area contributed by atoms with E-state index in [9.17, 15) is 13.9 Å². The van der Waals surface area contributed by atoms with Crippen LogP contribution < -0.4 is 0 Å². The van der Waals surface area contributed by atoms with Crippen LogP contribution in [0.4, 0.5) is 8.78 Å². The molecule has 0 aromatic rings. The predicted molar refractivity (Wildman–Crippen MR) is 31.9 cm³/mol.